The molecule has 0 unspecified atom stereocenters. The van der Waals surface area contributed by atoms with Crippen molar-refractivity contribution in [3.05, 3.63) is 65.7 Å². The Balaban J connectivity index is 2.08. The summed E-state index contributed by atoms with van der Waals surface area (Å²) in [6.45, 7) is -0.847. The summed E-state index contributed by atoms with van der Waals surface area (Å²) < 4.78 is 32.7. The Bertz CT molecular complexity index is 597. The first-order chi connectivity index (χ1) is 9.49. The topological polar surface area (TPSA) is 46.5 Å². The van der Waals surface area contributed by atoms with Crippen molar-refractivity contribution in [3.8, 4) is 5.75 Å². The summed E-state index contributed by atoms with van der Waals surface area (Å²) in [6, 6.07) is 12.8. The molecule has 0 heterocycles. The first-order valence-corrected chi connectivity index (χ1v) is 5.88. The van der Waals surface area contributed by atoms with E-state index in [0.717, 1.165) is 0 Å². The highest BCUT2D eigenvalue weighted by atomic mass is 19.3. The van der Waals surface area contributed by atoms with Crippen LogP contribution in [0.1, 0.15) is 15.9 Å². The molecule has 0 spiro atoms. The summed E-state index contributed by atoms with van der Waals surface area (Å²) in [7, 11) is 0. The van der Waals surface area contributed by atoms with Crippen LogP contribution in [0.4, 0.5) is 8.78 Å². The number of hydrogen-bond donors (Lipinski definition) is 1. The Morgan fingerprint density at radius 1 is 1.10 bits per heavy atom. The lowest BCUT2D eigenvalue weighted by Gasteiger charge is -2.17. The van der Waals surface area contributed by atoms with Crippen LogP contribution in [0.5, 0.6) is 5.75 Å². The monoisotopic (exact) mass is 278 g/mol. The molecule has 20 heavy (non-hydrogen) atoms. The van der Waals surface area contributed by atoms with Crippen LogP contribution < -0.4 is 4.74 Å². The summed E-state index contributed by atoms with van der Waals surface area (Å²) in [4.78, 5) is 10.8. The Morgan fingerprint density at radius 3 is 2.45 bits per heavy atom. The fraction of sp³-hybridized carbons (Fsp3) is 0.133. The smallest absolute Gasteiger partial charge is 0.335 e. The third-order valence-corrected chi connectivity index (χ3v) is 2.70. The molecule has 0 radical (unpaired) electrons. The summed E-state index contributed by atoms with van der Waals surface area (Å²) in [5.74, 6) is -4.17. The standard InChI is InChI=1S/C15H12F2O3/c16-15(17,12-6-2-1-3-7-12)10-20-13-8-4-5-11(9-13)14(18)19/h1-9H,10H2,(H,18,19). The van der Waals surface area contributed by atoms with Crippen molar-refractivity contribution >= 4 is 5.97 Å². The largest absolute Gasteiger partial charge is 0.487 e. The van der Waals surface area contributed by atoms with Crippen LogP contribution in [0.3, 0.4) is 0 Å². The van der Waals surface area contributed by atoms with Crippen LogP contribution in [0, 0.1) is 0 Å². The average Bonchev–Trinajstić information content (AvgIpc) is 2.46. The Hall–Kier alpha value is -2.43. The minimum absolute atomic E-state index is 0.00877. The first kappa shape index (κ1) is 14.0. The van der Waals surface area contributed by atoms with Crippen molar-refractivity contribution in [1.29, 1.82) is 0 Å². The van der Waals surface area contributed by atoms with Gasteiger partial charge in [-0.05, 0) is 18.2 Å². The van der Waals surface area contributed by atoms with Gasteiger partial charge in [0.2, 0.25) is 0 Å². The maximum absolute atomic E-state index is 13.9. The molecule has 1 N–H and O–H groups in total. The summed E-state index contributed by atoms with van der Waals surface area (Å²) >= 11 is 0. The molecular formula is C15H12F2O3. The summed E-state index contributed by atoms with van der Waals surface area (Å²) in [5, 5.41) is 8.81. The molecule has 2 rings (SSSR count). The normalized spacial score (nSPS) is 11.1. The summed E-state index contributed by atoms with van der Waals surface area (Å²) in [5.41, 5.74) is -0.153. The maximum Gasteiger partial charge on any atom is 0.335 e. The molecule has 5 heteroatoms. The first-order valence-electron chi connectivity index (χ1n) is 5.88. The number of benzene rings is 2. The highest BCUT2D eigenvalue weighted by molar-refractivity contribution is 5.87. The molecule has 0 aliphatic heterocycles. The van der Waals surface area contributed by atoms with Crippen LogP contribution >= 0.6 is 0 Å². The van der Waals surface area contributed by atoms with Gasteiger partial charge in [-0.1, -0.05) is 36.4 Å². The quantitative estimate of drug-likeness (QED) is 0.909. The van der Waals surface area contributed by atoms with Gasteiger partial charge in [0, 0.05) is 5.56 Å². The fourth-order valence-electron chi connectivity index (χ4n) is 1.66. The second kappa shape index (κ2) is 5.69. The lowest BCUT2D eigenvalue weighted by atomic mass is 10.1. The van der Waals surface area contributed by atoms with E-state index in [1.165, 1.54) is 48.5 Å². The molecule has 3 nitrogen and oxygen atoms in total. The van der Waals surface area contributed by atoms with Crippen LogP contribution in [-0.4, -0.2) is 17.7 Å². The van der Waals surface area contributed by atoms with E-state index in [9.17, 15) is 13.6 Å². The lowest BCUT2D eigenvalue weighted by Crippen LogP contribution is -2.23. The minimum atomic E-state index is -3.14. The SMILES string of the molecule is O=C(O)c1cccc(OCC(F)(F)c2ccccc2)c1. The van der Waals surface area contributed by atoms with E-state index < -0.39 is 18.5 Å². The second-order valence-electron chi connectivity index (χ2n) is 4.19. The molecule has 104 valence electrons. The van der Waals surface area contributed by atoms with Crippen molar-refractivity contribution < 1.29 is 23.4 Å². The molecule has 0 atom stereocenters. The van der Waals surface area contributed by atoms with Gasteiger partial charge in [0.15, 0.2) is 6.61 Å². The maximum atomic E-state index is 13.9. The van der Waals surface area contributed by atoms with Gasteiger partial charge in [-0.15, -0.1) is 0 Å². The Morgan fingerprint density at radius 2 is 1.80 bits per heavy atom. The Labute approximate surface area is 114 Å². The second-order valence-corrected chi connectivity index (χ2v) is 4.19. The number of alkyl halides is 2. The van der Waals surface area contributed by atoms with Gasteiger partial charge >= 0.3 is 11.9 Å². The zero-order valence-corrected chi connectivity index (χ0v) is 10.4. The molecule has 2 aromatic carbocycles. The van der Waals surface area contributed by atoms with Crippen molar-refractivity contribution in [3.63, 3.8) is 0 Å². The van der Waals surface area contributed by atoms with E-state index in [4.69, 9.17) is 9.84 Å². The number of rotatable bonds is 5. The average molecular weight is 278 g/mol. The molecule has 0 aromatic heterocycles. The van der Waals surface area contributed by atoms with Gasteiger partial charge in [-0.25, -0.2) is 4.79 Å². The Kier molecular flexibility index (Phi) is 3.98. The molecule has 0 fully saturated rings. The number of hydrogen-bond acceptors (Lipinski definition) is 2. The van der Waals surface area contributed by atoms with Crippen molar-refractivity contribution in [2.45, 2.75) is 5.92 Å². The highest BCUT2D eigenvalue weighted by Crippen LogP contribution is 2.28. The van der Waals surface area contributed by atoms with Crippen molar-refractivity contribution in [2.24, 2.45) is 0 Å². The van der Waals surface area contributed by atoms with Gasteiger partial charge in [0.1, 0.15) is 5.75 Å². The van der Waals surface area contributed by atoms with E-state index in [2.05, 4.69) is 0 Å². The van der Waals surface area contributed by atoms with Crippen LogP contribution in [0.15, 0.2) is 54.6 Å². The predicted octanol–water partition coefficient (Wildman–Crippen LogP) is 3.56. The van der Waals surface area contributed by atoms with E-state index in [1.807, 2.05) is 0 Å². The van der Waals surface area contributed by atoms with E-state index in [0.29, 0.717) is 0 Å². The molecule has 0 aliphatic rings. The highest BCUT2D eigenvalue weighted by Gasteiger charge is 2.32. The van der Waals surface area contributed by atoms with Crippen LogP contribution in [-0.2, 0) is 5.92 Å². The lowest BCUT2D eigenvalue weighted by molar-refractivity contribution is -0.0467. The molecule has 0 saturated carbocycles. The number of carboxylic acids is 1. The number of carbonyl (C=O) groups is 1. The van der Waals surface area contributed by atoms with E-state index in [1.54, 1.807) is 6.07 Å². The molecule has 0 amide bonds. The number of halogens is 2. The van der Waals surface area contributed by atoms with Gasteiger partial charge in [0.25, 0.3) is 0 Å². The van der Waals surface area contributed by atoms with Crippen LogP contribution in [0.2, 0.25) is 0 Å². The fourth-order valence-corrected chi connectivity index (χ4v) is 1.66. The third kappa shape index (κ3) is 3.32. The molecular weight excluding hydrogens is 266 g/mol. The van der Waals surface area contributed by atoms with Crippen molar-refractivity contribution in [1.82, 2.24) is 0 Å². The van der Waals surface area contributed by atoms with Gasteiger partial charge < -0.3 is 9.84 Å². The number of ether oxygens (including phenoxy) is 1. The van der Waals surface area contributed by atoms with E-state index in [-0.39, 0.29) is 16.9 Å². The van der Waals surface area contributed by atoms with Crippen molar-refractivity contribution in [2.75, 3.05) is 6.61 Å². The molecule has 0 aliphatic carbocycles. The van der Waals surface area contributed by atoms with E-state index >= 15 is 0 Å². The third-order valence-electron chi connectivity index (χ3n) is 2.70. The van der Waals surface area contributed by atoms with Crippen LogP contribution in [0.25, 0.3) is 0 Å². The number of carboxylic acid groups (broad SMARTS) is 1. The van der Waals surface area contributed by atoms with Gasteiger partial charge in [-0.2, -0.15) is 8.78 Å². The molecule has 0 bridgehead atoms. The number of aromatic carboxylic acids is 1. The van der Waals surface area contributed by atoms with Gasteiger partial charge in [-0.3, -0.25) is 0 Å². The minimum Gasteiger partial charge on any atom is -0.487 e. The van der Waals surface area contributed by atoms with Gasteiger partial charge in [0.05, 0.1) is 5.56 Å². The zero-order valence-electron chi connectivity index (χ0n) is 10.4. The predicted molar refractivity (Wildman–Crippen MR) is 69.2 cm³/mol. The zero-order chi connectivity index (χ0) is 14.6. The molecule has 0 saturated heterocycles. The summed E-state index contributed by atoms with van der Waals surface area (Å²) in [6.07, 6.45) is 0. The molecule has 2 aromatic rings.